The molecule has 25 heavy (non-hydrogen) atoms. The fourth-order valence-electron chi connectivity index (χ4n) is 4.26. The van der Waals surface area contributed by atoms with Crippen LogP contribution in [0.15, 0.2) is 18.6 Å². The summed E-state index contributed by atoms with van der Waals surface area (Å²) in [5, 5.41) is 2.99. The molecule has 3 saturated heterocycles. The first-order valence-corrected chi connectivity index (χ1v) is 9.25. The summed E-state index contributed by atoms with van der Waals surface area (Å²) in [5.74, 6) is 1.49. The molecule has 0 saturated carbocycles. The molecule has 0 bridgehead atoms. The Hall–Kier alpha value is -1.57. The Bertz CT molecular complexity index is 579. The Morgan fingerprint density at radius 1 is 1.28 bits per heavy atom. The van der Waals surface area contributed by atoms with Crippen molar-refractivity contribution >= 4 is 5.91 Å². The van der Waals surface area contributed by atoms with Crippen LogP contribution in [0.1, 0.15) is 23.3 Å². The van der Waals surface area contributed by atoms with Crippen molar-refractivity contribution in [2.75, 3.05) is 46.0 Å². The molecule has 7 heteroatoms. The molecule has 1 amide bonds. The Morgan fingerprint density at radius 2 is 2.16 bits per heavy atom. The summed E-state index contributed by atoms with van der Waals surface area (Å²) in [6.07, 6.45) is 7.26. The maximum Gasteiger partial charge on any atom is 0.271 e. The first kappa shape index (κ1) is 16.9. The molecule has 1 aromatic heterocycles. The SMILES string of the molecule is O=C(NC[C@@H]1CO[C@@H]2CN(CC3CCOCC3)C[C@H]12)c1cnccn1. The topological polar surface area (TPSA) is 76.6 Å². The van der Waals surface area contributed by atoms with Crippen molar-refractivity contribution in [1.82, 2.24) is 20.2 Å². The minimum atomic E-state index is -0.159. The van der Waals surface area contributed by atoms with E-state index in [9.17, 15) is 4.79 Å². The monoisotopic (exact) mass is 346 g/mol. The van der Waals surface area contributed by atoms with E-state index < -0.39 is 0 Å². The van der Waals surface area contributed by atoms with Crippen LogP contribution in [0, 0.1) is 17.8 Å². The van der Waals surface area contributed by atoms with Gasteiger partial charge in [0.05, 0.1) is 18.9 Å². The molecule has 0 spiro atoms. The van der Waals surface area contributed by atoms with Crippen LogP contribution < -0.4 is 5.32 Å². The molecule has 0 aliphatic carbocycles. The quantitative estimate of drug-likeness (QED) is 0.840. The Labute approximate surface area is 148 Å². The number of likely N-dealkylation sites (tertiary alicyclic amines) is 1. The molecule has 3 aliphatic rings. The van der Waals surface area contributed by atoms with E-state index in [0.29, 0.717) is 30.2 Å². The van der Waals surface area contributed by atoms with Gasteiger partial charge in [-0.15, -0.1) is 0 Å². The van der Waals surface area contributed by atoms with E-state index in [0.717, 1.165) is 45.4 Å². The molecule has 4 rings (SSSR count). The number of hydrogen-bond acceptors (Lipinski definition) is 6. The van der Waals surface area contributed by atoms with Crippen molar-refractivity contribution in [2.24, 2.45) is 17.8 Å². The zero-order chi connectivity index (χ0) is 17.1. The summed E-state index contributed by atoms with van der Waals surface area (Å²) >= 11 is 0. The van der Waals surface area contributed by atoms with Gasteiger partial charge < -0.3 is 19.7 Å². The van der Waals surface area contributed by atoms with E-state index in [2.05, 4.69) is 20.2 Å². The molecular weight excluding hydrogens is 320 g/mol. The van der Waals surface area contributed by atoms with Gasteiger partial charge in [-0.2, -0.15) is 0 Å². The van der Waals surface area contributed by atoms with Gasteiger partial charge in [-0.25, -0.2) is 4.98 Å². The second kappa shape index (κ2) is 7.76. The van der Waals surface area contributed by atoms with Gasteiger partial charge >= 0.3 is 0 Å². The van der Waals surface area contributed by atoms with E-state index in [1.165, 1.54) is 25.2 Å². The van der Waals surface area contributed by atoms with E-state index in [4.69, 9.17) is 9.47 Å². The van der Waals surface area contributed by atoms with Gasteiger partial charge in [0.15, 0.2) is 0 Å². The van der Waals surface area contributed by atoms with Gasteiger partial charge in [0.1, 0.15) is 5.69 Å². The fourth-order valence-corrected chi connectivity index (χ4v) is 4.26. The smallest absolute Gasteiger partial charge is 0.271 e. The lowest BCUT2D eigenvalue weighted by atomic mass is 9.93. The molecule has 136 valence electrons. The largest absolute Gasteiger partial charge is 0.381 e. The third-order valence-corrected chi connectivity index (χ3v) is 5.69. The molecule has 3 aliphatic heterocycles. The zero-order valence-corrected chi connectivity index (χ0v) is 14.5. The van der Waals surface area contributed by atoms with Crippen molar-refractivity contribution in [3.8, 4) is 0 Å². The van der Waals surface area contributed by atoms with Gasteiger partial charge in [0.2, 0.25) is 0 Å². The maximum atomic E-state index is 12.1. The molecule has 1 N–H and O–H groups in total. The van der Waals surface area contributed by atoms with Crippen LogP contribution in [0.2, 0.25) is 0 Å². The summed E-state index contributed by atoms with van der Waals surface area (Å²) in [5.41, 5.74) is 0.366. The third kappa shape index (κ3) is 3.99. The Balaban J connectivity index is 1.26. The van der Waals surface area contributed by atoms with Crippen molar-refractivity contribution in [2.45, 2.75) is 18.9 Å². The van der Waals surface area contributed by atoms with Crippen LogP contribution >= 0.6 is 0 Å². The summed E-state index contributed by atoms with van der Waals surface area (Å²) in [7, 11) is 0. The number of aromatic nitrogens is 2. The lowest BCUT2D eigenvalue weighted by Gasteiger charge is -2.27. The normalized spacial score (nSPS) is 30.3. The lowest BCUT2D eigenvalue weighted by molar-refractivity contribution is 0.0487. The van der Waals surface area contributed by atoms with Crippen molar-refractivity contribution < 1.29 is 14.3 Å². The first-order valence-electron chi connectivity index (χ1n) is 9.25. The molecule has 3 atom stereocenters. The average Bonchev–Trinajstić information content (AvgIpc) is 3.22. The minimum Gasteiger partial charge on any atom is -0.381 e. The zero-order valence-electron chi connectivity index (χ0n) is 14.5. The lowest BCUT2D eigenvalue weighted by Crippen LogP contribution is -2.35. The minimum absolute atomic E-state index is 0.159. The van der Waals surface area contributed by atoms with E-state index in [1.54, 1.807) is 6.20 Å². The van der Waals surface area contributed by atoms with Crippen LogP contribution in [0.3, 0.4) is 0 Å². The van der Waals surface area contributed by atoms with Gasteiger partial charge in [-0.3, -0.25) is 9.78 Å². The molecule has 7 nitrogen and oxygen atoms in total. The average molecular weight is 346 g/mol. The summed E-state index contributed by atoms with van der Waals surface area (Å²) < 4.78 is 11.5. The van der Waals surface area contributed by atoms with Gasteiger partial charge in [0, 0.05) is 63.6 Å². The second-order valence-corrected chi connectivity index (χ2v) is 7.37. The maximum absolute atomic E-state index is 12.1. The summed E-state index contributed by atoms with van der Waals surface area (Å²) in [4.78, 5) is 22.7. The van der Waals surface area contributed by atoms with Crippen molar-refractivity contribution in [3.05, 3.63) is 24.3 Å². The predicted octanol–water partition coefficient (Wildman–Crippen LogP) is 0.580. The van der Waals surface area contributed by atoms with Gasteiger partial charge in [-0.1, -0.05) is 0 Å². The van der Waals surface area contributed by atoms with Crippen LogP contribution in [0.5, 0.6) is 0 Å². The highest BCUT2D eigenvalue weighted by Gasteiger charge is 2.44. The van der Waals surface area contributed by atoms with Crippen LogP contribution in [-0.4, -0.2) is 72.9 Å². The van der Waals surface area contributed by atoms with E-state index in [1.807, 2.05) is 0 Å². The van der Waals surface area contributed by atoms with Gasteiger partial charge in [0.25, 0.3) is 5.91 Å². The number of nitrogens with zero attached hydrogens (tertiary/aromatic N) is 3. The highest BCUT2D eigenvalue weighted by molar-refractivity contribution is 5.91. The standard InChI is InChI=1S/C18H26N4O3/c23-18(16-8-19-3-4-20-16)21-7-14-12-25-17-11-22(10-15(14)17)9-13-1-5-24-6-2-13/h3-4,8,13-15,17H,1-2,5-7,9-12H2,(H,21,23)/t14-,15-,17-/m1/s1. The third-order valence-electron chi connectivity index (χ3n) is 5.69. The van der Waals surface area contributed by atoms with E-state index in [-0.39, 0.29) is 5.91 Å². The van der Waals surface area contributed by atoms with E-state index >= 15 is 0 Å². The van der Waals surface area contributed by atoms with Crippen LogP contribution in [0.25, 0.3) is 0 Å². The highest BCUT2D eigenvalue weighted by atomic mass is 16.5. The van der Waals surface area contributed by atoms with Crippen LogP contribution in [0.4, 0.5) is 0 Å². The molecule has 4 heterocycles. The van der Waals surface area contributed by atoms with Crippen molar-refractivity contribution in [1.29, 1.82) is 0 Å². The molecular formula is C18H26N4O3. The number of fused-ring (bicyclic) bond motifs is 1. The van der Waals surface area contributed by atoms with Gasteiger partial charge in [-0.05, 0) is 18.8 Å². The highest BCUT2D eigenvalue weighted by Crippen LogP contribution is 2.34. The second-order valence-electron chi connectivity index (χ2n) is 7.37. The van der Waals surface area contributed by atoms with Crippen LogP contribution in [-0.2, 0) is 9.47 Å². The fraction of sp³-hybridized carbons (Fsp3) is 0.722. The molecule has 0 aromatic carbocycles. The number of carbonyl (C=O) groups is 1. The first-order chi connectivity index (χ1) is 12.3. The summed E-state index contributed by atoms with van der Waals surface area (Å²) in [6.45, 7) is 6.43. The Morgan fingerprint density at radius 3 is 2.96 bits per heavy atom. The number of amides is 1. The number of rotatable bonds is 5. The number of carbonyl (C=O) groups excluding carboxylic acids is 1. The molecule has 0 radical (unpaired) electrons. The number of hydrogen-bond donors (Lipinski definition) is 1. The summed E-state index contributed by atoms with van der Waals surface area (Å²) in [6, 6.07) is 0. The Kier molecular flexibility index (Phi) is 5.24. The molecule has 1 aromatic rings. The van der Waals surface area contributed by atoms with Crippen molar-refractivity contribution in [3.63, 3.8) is 0 Å². The molecule has 3 fully saturated rings. The molecule has 0 unspecified atom stereocenters. The number of nitrogens with one attached hydrogen (secondary N) is 1. The predicted molar refractivity (Wildman–Crippen MR) is 91.1 cm³/mol. The number of ether oxygens (including phenoxy) is 2.